The summed E-state index contributed by atoms with van der Waals surface area (Å²) in [5.74, 6) is 1.88. The first-order valence-corrected chi connectivity index (χ1v) is 7.61. The van der Waals surface area contributed by atoms with Crippen LogP contribution in [0.3, 0.4) is 0 Å². The Bertz CT molecular complexity index is 439. The van der Waals surface area contributed by atoms with E-state index in [9.17, 15) is 9.90 Å². The van der Waals surface area contributed by atoms with Crippen LogP contribution in [0.2, 0.25) is 0 Å². The second kappa shape index (κ2) is 6.89. The maximum Gasteiger partial charge on any atom is 0.176 e. The quantitative estimate of drug-likeness (QED) is 0.857. The number of hydrogen-bond donors (Lipinski definition) is 1. The van der Waals surface area contributed by atoms with Crippen molar-refractivity contribution in [3.63, 3.8) is 0 Å². The fourth-order valence-corrected chi connectivity index (χ4v) is 2.95. The van der Waals surface area contributed by atoms with Crippen molar-refractivity contribution in [2.75, 3.05) is 19.6 Å². The molecular weight excluding hydrogens is 250 g/mol. The smallest absolute Gasteiger partial charge is 0.176 e. The first-order chi connectivity index (χ1) is 9.56. The first kappa shape index (κ1) is 15.0. The molecule has 1 aliphatic heterocycles. The number of aromatic hydroxyl groups is 1. The molecule has 1 aliphatic rings. The van der Waals surface area contributed by atoms with Crippen molar-refractivity contribution in [2.24, 2.45) is 11.8 Å². The molecule has 0 aliphatic carbocycles. The van der Waals surface area contributed by atoms with Crippen molar-refractivity contribution < 1.29 is 9.90 Å². The molecule has 1 aromatic rings. The van der Waals surface area contributed by atoms with Crippen molar-refractivity contribution in [2.45, 2.75) is 33.1 Å². The normalized spacial score (nSPS) is 20.9. The highest BCUT2D eigenvalue weighted by Crippen LogP contribution is 2.24. The summed E-state index contributed by atoms with van der Waals surface area (Å²) < 4.78 is 0. The maximum atomic E-state index is 12.2. The largest absolute Gasteiger partial charge is 0.508 e. The van der Waals surface area contributed by atoms with Gasteiger partial charge in [-0.05, 0) is 68.5 Å². The molecule has 0 aromatic heterocycles. The van der Waals surface area contributed by atoms with Gasteiger partial charge in [0, 0.05) is 5.56 Å². The van der Waals surface area contributed by atoms with Gasteiger partial charge in [0.1, 0.15) is 5.75 Å². The number of nitrogens with zero attached hydrogens (tertiary/aromatic N) is 1. The van der Waals surface area contributed by atoms with Crippen LogP contribution in [0.4, 0.5) is 0 Å². The number of hydrogen-bond acceptors (Lipinski definition) is 3. The Hall–Kier alpha value is -1.35. The van der Waals surface area contributed by atoms with Crippen LogP contribution < -0.4 is 0 Å². The summed E-state index contributed by atoms with van der Waals surface area (Å²) >= 11 is 0. The second-order valence-corrected chi connectivity index (χ2v) is 6.18. The van der Waals surface area contributed by atoms with Gasteiger partial charge < -0.3 is 5.11 Å². The Kier molecular flexibility index (Phi) is 5.18. The Morgan fingerprint density at radius 1 is 1.25 bits per heavy atom. The Morgan fingerprint density at radius 2 is 1.95 bits per heavy atom. The predicted molar refractivity (Wildman–Crippen MR) is 81.1 cm³/mol. The van der Waals surface area contributed by atoms with Crippen LogP contribution in [0, 0.1) is 11.8 Å². The number of likely N-dealkylation sites (tertiary alicyclic amines) is 1. The first-order valence-electron chi connectivity index (χ1n) is 7.61. The third kappa shape index (κ3) is 4.07. The van der Waals surface area contributed by atoms with Gasteiger partial charge in [-0.1, -0.05) is 13.8 Å². The minimum atomic E-state index is 0.146. The van der Waals surface area contributed by atoms with Gasteiger partial charge in [-0.3, -0.25) is 9.69 Å². The molecule has 1 aromatic carbocycles. The minimum absolute atomic E-state index is 0.146. The molecule has 110 valence electrons. The minimum Gasteiger partial charge on any atom is -0.508 e. The molecule has 0 bridgehead atoms. The molecule has 1 atom stereocenters. The summed E-state index contributed by atoms with van der Waals surface area (Å²) in [6, 6.07) is 6.55. The monoisotopic (exact) mass is 275 g/mol. The maximum absolute atomic E-state index is 12.2. The number of phenols is 1. The molecule has 2 rings (SSSR count). The zero-order valence-electron chi connectivity index (χ0n) is 12.5. The van der Waals surface area contributed by atoms with E-state index in [1.807, 2.05) is 0 Å². The van der Waals surface area contributed by atoms with Crippen molar-refractivity contribution in [1.29, 1.82) is 0 Å². The summed E-state index contributed by atoms with van der Waals surface area (Å²) in [5, 5.41) is 9.26. The van der Waals surface area contributed by atoms with Crippen molar-refractivity contribution in [3.8, 4) is 5.75 Å². The molecule has 0 saturated carbocycles. The molecule has 0 spiro atoms. The molecule has 0 amide bonds. The standard InChI is InChI=1S/C17H25NO2/c1-13(2)14-4-3-10-18(11-9-14)12-17(20)15-5-7-16(19)8-6-15/h5-8,13-14,19H,3-4,9-12H2,1-2H3. The van der Waals surface area contributed by atoms with E-state index in [1.54, 1.807) is 24.3 Å². The van der Waals surface area contributed by atoms with Crippen molar-refractivity contribution in [1.82, 2.24) is 4.90 Å². The van der Waals surface area contributed by atoms with E-state index in [1.165, 1.54) is 19.3 Å². The van der Waals surface area contributed by atoms with Crippen LogP contribution >= 0.6 is 0 Å². The summed E-state index contributed by atoms with van der Waals surface area (Å²) in [4.78, 5) is 14.5. The molecule has 1 heterocycles. The molecule has 1 saturated heterocycles. The van der Waals surface area contributed by atoms with E-state index in [0.29, 0.717) is 12.1 Å². The second-order valence-electron chi connectivity index (χ2n) is 6.18. The topological polar surface area (TPSA) is 40.5 Å². The number of phenolic OH excluding ortho intramolecular Hbond substituents is 1. The number of rotatable bonds is 4. The van der Waals surface area contributed by atoms with Gasteiger partial charge in [0.05, 0.1) is 6.54 Å². The average molecular weight is 275 g/mol. The molecule has 0 radical (unpaired) electrons. The van der Waals surface area contributed by atoms with E-state index in [2.05, 4.69) is 18.7 Å². The van der Waals surface area contributed by atoms with Gasteiger partial charge in [-0.25, -0.2) is 0 Å². The Labute approximate surface area is 121 Å². The number of benzene rings is 1. The van der Waals surface area contributed by atoms with Gasteiger partial charge in [0.15, 0.2) is 5.78 Å². The predicted octanol–water partition coefficient (Wildman–Crippen LogP) is 3.33. The van der Waals surface area contributed by atoms with Crippen LogP contribution in [0.25, 0.3) is 0 Å². The molecule has 3 heteroatoms. The fraction of sp³-hybridized carbons (Fsp3) is 0.588. The highest BCUT2D eigenvalue weighted by Gasteiger charge is 2.21. The molecular formula is C17H25NO2. The molecule has 1 unspecified atom stereocenters. The Balaban J connectivity index is 1.90. The summed E-state index contributed by atoms with van der Waals surface area (Å²) in [5.41, 5.74) is 0.687. The number of ketones is 1. The number of carbonyl (C=O) groups is 1. The third-order valence-corrected chi connectivity index (χ3v) is 4.36. The van der Waals surface area contributed by atoms with E-state index >= 15 is 0 Å². The molecule has 20 heavy (non-hydrogen) atoms. The van der Waals surface area contributed by atoms with Crippen LogP contribution in [0.5, 0.6) is 5.75 Å². The lowest BCUT2D eigenvalue weighted by molar-refractivity contribution is 0.0932. The van der Waals surface area contributed by atoms with Gasteiger partial charge in [0.2, 0.25) is 0 Å². The van der Waals surface area contributed by atoms with Gasteiger partial charge in [-0.15, -0.1) is 0 Å². The van der Waals surface area contributed by atoms with E-state index in [4.69, 9.17) is 0 Å². The number of carbonyl (C=O) groups excluding carboxylic acids is 1. The lowest BCUT2D eigenvalue weighted by Crippen LogP contribution is -2.31. The van der Waals surface area contributed by atoms with Crippen molar-refractivity contribution in [3.05, 3.63) is 29.8 Å². The molecule has 3 nitrogen and oxygen atoms in total. The van der Waals surface area contributed by atoms with Crippen LogP contribution in [-0.2, 0) is 0 Å². The van der Waals surface area contributed by atoms with Crippen LogP contribution in [0.15, 0.2) is 24.3 Å². The number of Topliss-reactive ketones (excluding diaryl/α,β-unsaturated/α-hetero) is 1. The van der Waals surface area contributed by atoms with Gasteiger partial charge in [-0.2, -0.15) is 0 Å². The zero-order valence-corrected chi connectivity index (χ0v) is 12.5. The van der Waals surface area contributed by atoms with E-state index in [-0.39, 0.29) is 11.5 Å². The van der Waals surface area contributed by atoms with Crippen molar-refractivity contribution >= 4 is 5.78 Å². The van der Waals surface area contributed by atoms with Crippen LogP contribution in [-0.4, -0.2) is 35.4 Å². The lowest BCUT2D eigenvalue weighted by Gasteiger charge is -2.20. The summed E-state index contributed by atoms with van der Waals surface area (Å²) in [6.45, 7) is 7.12. The summed E-state index contributed by atoms with van der Waals surface area (Å²) in [7, 11) is 0. The lowest BCUT2D eigenvalue weighted by atomic mass is 9.89. The SMILES string of the molecule is CC(C)C1CCCN(CC(=O)c2ccc(O)cc2)CC1. The zero-order chi connectivity index (χ0) is 14.5. The van der Waals surface area contributed by atoms with E-state index in [0.717, 1.165) is 24.9 Å². The molecule has 1 N–H and O–H groups in total. The Morgan fingerprint density at radius 3 is 2.60 bits per heavy atom. The molecule has 1 fully saturated rings. The highest BCUT2D eigenvalue weighted by molar-refractivity contribution is 5.97. The highest BCUT2D eigenvalue weighted by atomic mass is 16.3. The van der Waals surface area contributed by atoms with Gasteiger partial charge in [0.25, 0.3) is 0 Å². The van der Waals surface area contributed by atoms with Crippen LogP contribution in [0.1, 0.15) is 43.5 Å². The summed E-state index contributed by atoms with van der Waals surface area (Å²) in [6.07, 6.45) is 3.66. The fourth-order valence-electron chi connectivity index (χ4n) is 2.95. The van der Waals surface area contributed by atoms with Gasteiger partial charge >= 0.3 is 0 Å². The third-order valence-electron chi connectivity index (χ3n) is 4.36. The average Bonchev–Trinajstić information content (AvgIpc) is 2.65. The van der Waals surface area contributed by atoms with E-state index < -0.39 is 0 Å².